The molecule has 8 nitrogen and oxygen atoms in total. The van der Waals surface area contributed by atoms with Crippen LogP contribution in [0.15, 0.2) is 30.9 Å². The summed E-state index contributed by atoms with van der Waals surface area (Å²) in [5.74, 6) is 0. The van der Waals surface area contributed by atoms with E-state index >= 15 is 0 Å². The van der Waals surface area contributed by atoms with Crippen LogP contribution >= 0.6 is 0 Å². The Labute approximate surface area is 109 Å². The third-order valence-electron chi connectivity index (χ3n) is 2.36. The maximum atomic E-state index is 10.9. The van der Waals surface area contributed by atoms with Gasteiger partial charge < -0.3 is 9.88 Å². The molecular formula is C10H11BN5O3. The van der Waals surface area contributed by atoms with Gasteiger partial charge in [0.25, 0.3) is 0 Å². The van der Waals surface area contributed by atoms with Crippen molar-refractivity contribution >= 4 is 13.3 Å². The summed E-state index contributed by atoms with van der Waals surface area (Å²) in [6.45, 7) is 0.521. The topological polar surface area (TPSA) is 95.1 Å². The zero-order valence-corrected chi connectivity index (χ0v) is 10.2. The minimum atomic E-state index is -0.485. The van der Waals surface area contributed by atoms with Gasteiger partial charge in [0, 0.05) is 31.6 Å². The molecule has 19 heavy (non-hydrogen) atoms. The van der Waals surface area contributed by atoms with Gasteiger partial charge in [-0.1, -0.05) is 0 Å². The molecule has 2 heterocycles. The maximum Gasteiger partial charge on any atom is 0.395 e. The molecule has 0 unspecified atom stereocenters. The Hall–Kier alpha value is -2.26. The Balaban J connectivity index is 2.21. The van der Waals surface area contributed by atoms with Crippen LogP contribution in [0, 0.1) is 10.1 Å². The highest BCUT2D eigenvalue weighted by Crippen LogP contribution is 2.20. The van der Waals surface area contributed by atoms with Crippen molar-refractivity contribution < 1.29 is 9.58 Å². The molecule has 0 spiro atoms. The summed E-state index contributed by atoms with van der Waals surface area (Å²) < 4.78 is 6.19. The van der Waals surface area contributed by atoms with Gasteiger partial charge in [0.05, 0.1) is 11.1 Å². The Morgan fingerprint density at radius 1 is 1.58 bits per heavy atom. The first-order valence-electron chi connectivity index (χ1n) is 5.42. The fourth-order valence-electron chi connectivity index (χ4n) is 1.54. The summed E-state index contributed by atoms with van der Waals surface area (Å²) in [4.78, 5) is 14.2. The van der Waals surface area contributed by atoms with Gasteiger partial charge in [-0.2, -0.15) is 5.10 Å². The first kappa shape index (κ1) is 13.2. The molecule has 9 heteroatoms. The Morgan fingerprint density at radius 3 is 3.16 bits per heavy atom. The highest BCUT2D eigenvalue weighted by atomic mass is 16.6. The number of aromatic nitrogens is 3. The van der Waals surface area contributed by atoms with E-state index in [9.17, 15) is 10.1 Å². The molecule has 1 N–H and O–H groups in total. The molecule has 0 saturated carbocycles. The van der Waals surface area contributed by atoms with Gasteiger partial charge in [-0.25, -0.2) is 4.68 Å². The van der Waals surface area contributed by atoms with Crippen molar-refractivity contribution in [3.63, 3.8) is 0 Å². The van der Waals surface area contributed by atoms with Crippen LogP contribution in [0.4, 0.5) is 5.69 Å². The number of pyridine rings is 1. The van der Waals surface area contributed by atoms with E-state index in [0.29, 0.717) is 12.2 Å². The van der Waals surface area contributed by atoms with Crippen molar-refractivity contribution in [2.45, 2.75) is 6.54 Å². The summed E-state index contributed by atoms with van der Waals surface area (Å²) in [6, 6.07) is 1.55. The number of nitrogens with zero attached hydrogens (tertiary/aromatic N) is 4. The molecule has 0 atom stereocenters. The van der Waals surface area contributed by atoms with Gasteiger partial charge >= 0.3 is 13.3 Å². The fraction of sp³-hybridized carbons (Fsp3) is 0.200. The van der Waals surface area contributed by atoms with Gasteiger partial charge in [0.1, 0.15) is 11.9 Å². The van der Waals surface area contributed by atoms with E-state index in [1.54, 1.807) is 18.5 Å². The van der Waals surface area contributed by atoms with E-state index in [1.165, 1.54) is 31.8 Å². The van der Waals surface area contributed by atoms with Crippen molar-refractivity contribution in [3.05, 3.63) is 46.5 Å². The first-order valence-corrected chi connectivity index (χ1v) is 5.42. The lowest BCUT2D eigenvalue weighted by Gasteiger charge is -2.01. The number of nitrogens with one attached hydrogen (secondary N) is 1. The fourth-order valence-corrected chi connectivity index (χ4v) is 1.54. The number of hydrogen-bond acceptors (Lipinski definition) is 6. The third kappa shape index (κ3) is 3.15. The molecule has 0 aliphatic carbocycles. The smallest absolute Gasteiger partial charge is 0.395 e. The Morgan fingerprint density at radius 2 is 2.42 bits per heavy atom. The largest absolute Gasteiger partial charge is 0.427 e. The van der Waals surface area contributed by atoms with Crippen molar-refractivity contribution in [1.82, 2.24) is 20.0 Å². The normalized spacial score (nSPS) is 10.4. The van der Waals surface area contributed by atoms with Crippen LogP contribution in [0.1, 0.15) is 5.56 Å². The van der Waals surface area contributed by atoms with E-state index in [1.807, 2.05) is 0 Å². The van der Waals surface area contributed by atoms with E-state index in [-0.39, 0.29) is 5.69 Å². The van der Waals surface area contributed by atoms with Crippen LogP contribution in [-0.4, -0.2) is 34.4 Å². The number of hydrogen-bond donors (Lipinski definition) is 1. The van der Waals surface area contributed by atoms with Crippen molar-refractivity contribution in [3.8, 4) is 5.69 Å². The second-order valence-electron chi connectivity index (χ2n) is 3.65. The summed E-state index contributed by atoms with van der Waals surface area (Å²) in [6.07, 6.45) is 6.02. The molecule has 0 aliphatic heterocycles. The molecule has 0 bridgehead atoms. The molecule has 0 fully saturated rings. The second kappa shape index (κ2) is 6.07. The van der Waals surface area contributed by atoms with Gasteiger partial charge in [0.2, 0.25) is 0 Å². The van der Waals surface area contributed by atoms with E-state index in [2.05, 4.69) is 15.3 Å². The molecule has 97 valence electrons. The van der Waals surface area contributed by atoms with Crippen molar-refractivity contribution in [2.75, 3.05) is 7.11 Å². The van der Waals surface area contributed by atoms with Crippen LogP contribution in [0.5, 0.6) is 0 Å². The quantitative estimate of drug-likeness (QED) is 0.350. The molecule has 0 amide bonds. The summed E-state index contributed by atoms with van der Waals surface area (Å²) in [5, 5.41) is 17.9. The van der Waals surface area contributed by atoms with E-state index < -0.39 is 4.92 Å². The molecule has 0 saturated heterocycles. The maximum absolute atomic E-state index is 10.9. The van der Waals surface area contributed by atoms with Crippen molar-refractivity contribution in [2.24, 2.45) is 0 Å². The van der Waals surface area contributed by atoms with E-state index in [4.69, 9.17) is 4.65 Å². The van der Waals surface area contributed by atoms with Gasteiger partial charge in [-0.05, 0) is 6.07 Å². The predicted octanol–water partition coefficient (Wildman–Crippen LogP) is 0.446. The number of rotatable bonds is 6. The van der Waals surface area contributed by atoms with E-state index in [0.717, 1.165) is 5.56 Å². The molecule has 0 aromatic carbocycles. The molecule has 0 aliphatic rings. The SMILES string of the molecule is CO[B]NCc1cnn(-c2ccncc2[N+](=O)[O-])c1. The summed E-state index contributed by atoms with van der Waals surface area (Å²) in [5.41, 5.74) is 1.16. The van der Waals surface area contributed by atoms with Gasteiger partial charge in [-0.15, -0.1) is 0 Å². The first-order chi connectivity index (χ1) is 9.22. The molecule has 2 aromatic heterocycles. The Bertz CT molecular complexity index is 574. The van der Waals surface area contributed by atoms with Crippen LogP contribution < -0.4 is 5.23 Å². The van der Waals surface area contributed by atoms with Crippen LogP contribution in [0.25, 0.3) is 5.69 Å². The highest BCUT2D eigenvalue weighted by Gasteiger charge is 2.15. The second-order valence-corrected chi connectivity index (χ2v) is 3.65. The third-order valence-corrected chi connectivity index (χ3v) is 2.36. The minimum Gasteiger partial charge on any atom is -0.427 e. The monoisotopic (exact) mass is 260 g/mol. The molecule has 1 radical (unpaired) electrons. The van der Waals surface area contributed by atoms with Gasteiger partial charge in [0.15, 0.2) is 0 Å². The zero-order valence-electron chi connectivity index (χ0n) is 10.2. The van der Waals surface area contributed by atoms with Crippen molar-refractivity contribution in [1.29, 1.82) is 0 Å². The summed E-state index contributed by atoms with van der Waals surface area (Å²) in [7, 11) is 2.99. The zero-order chi connectivity index (χ0) is 13.7. The van der Waals surface area contributed by atoms with Crippen LogP contribution in [-0.2, 0) is 11.2 Å². The lowest BCUT2D eigenvalue weighted by Crippen LogP contribution is -2.19. The predicted molar refractivity (Wildman–Crippen MR) is 67.6 cm³/mol. The summed E-state index contributed by atoms with van der Waals surface area (Å²) >= 11 is 0. The standard InChI is InChI=1S/C10H11BN5O3/c1-19-11-13-4-8-5-14-15(7-8)9-2-3-12-6-10(9)16(17)18/h2-3,5-7,13H,4H2,1H3. The lowest BCUT2D eigenvalue weighted by molar-refractivity contribution is -0.385. The number of nitro groups is 1. The average Bonchev–Trinajstić information content (AvgIpc) is 2.88. The minimum absolute atomic E-state index is 0.0893. The highest BCUT2D eigenvalue weighted by molar-refractivity contribution is 6.23. The molecule has 2 aromatic rings. The molecule has 2 rings (SSSR count). The Kier molecular flexibility index (Phi) is 4.21. The lowest BCUT2D eigenvalue weighted by atomic mass is 10.2. The van der Waals surface area contributed by atoms with Gasteiger partial charge in [-0.3, -0.25) is 15.1 Å². The van der Waals surface area contributed by atoms with Crippen LogP contribution in [0.3, 0.4) is 0 Å². The molecular weight excluding hydrogens is 249 g/mol. The van der Waals surface area contributed by atoms with Crippen LogP contribution in [0.2, 0.25) is 0 Å². The average molecular weight is 260 g/mol.